The number of piperidine rings is 2. The number of carbonyl (C=O) groups excluding carboxylic acids is 2. The van der Waals surface area contributed by atoms with Gasteiger partial charge in [-0.1, -0.05) is 30.3 Å². The number of aryl methyl sites for hydroxylation is 1. The molecule has 6 rings (SSSR count). The summed E-state index contributed by atoms with van der Waals surface area (Å²) in [4.78, 5) is 48.3. The zero-order valence-corrected chi connectivity index (χ0v) is 25.2. The van der Waals surface area contributed by atoms with Gasteiger partial charge < -0.3 is 19.5 Å². The zero-order chi connectivity index (χ0) is 28.7. The minimum Gasteiger partial charge on any atom is -0.388 e. The van der Waals surface area contributed by atoms with Crippen LogP contribution in [0.2, 0.25) is 0 Å². The Morgan fingerprint density at radius 1 is 1.10 bits per heavy atom. The van der Waals surface area contributed by atoms with E-state index in [9.17, 15) is 19.5 Å². The van der Waals surface area contributed by atoms with Gasteiger partial charge in [-0.3, -0.25) is 19.0 Å². The molecule has 0 spiro atoms. The maximum Gasteiger partial charge on any atom is 0.262 e. The molecule has 4 aromatic rings. The van der Waals surface area contributed by atoms with E-state index in [4.69, 9.17) is 0 Å². The van der Waals surface area contributed by atoms with Crippen molar-refractivity contribution in [1.29, 1.82) is 0 Å². The topological polar surface area (TPSA) is 101 Å². The Morgan fingerprint density at radius 2 is 1.85 bits per heavy atom. The molecule has 2 fully saturated rings. The SMILES string of the molecule is Cn1ccc2c(=O)n(CC3(O)CCN(C(=O)[C@@H]4CCN(C(=O)c5ccsc5Br)C[C@H]4c4ccccc4)CC3)cnc21. The lowest BCUT2D eigenvalue weighted by Gasteiger charge is -2.43. The van der Waals surface area contributed by atoms with Gasteiger partial charge in [-0.25, -0.2) is 4.98 Å². The molecule has 2 saturated heterocycles. The zero-order valence-electron chi connectivity index (χ0n) is 22.8. The number of carbonyl (C=O) groups is 2. The van der Waals surface area contributed by atoms with Crippen LogP contribution in [-0.2, 0) is 18.4 Å². The first-order valence-electron chi connectivity index (χ1n) is 13.8. The standard InChI is InChI=1S/C30H32BrN5O4S/c1-33-12-7-23-26(33)32-19-36(29(23)39)18-30(40)10-14-34(15-11-30)27(37)21-8-13-35(28(38)22-9-16-41-25(22)31)17-24(21)20-5-3-2-4-6-20/h2-7,9,12,16,19,21,24,40H,8,10-11,13-15,17-18H2,1H3/t21-,24+/m1/s1. The van der Waals surface area contributed by atoms with Gasteiger partial charge in [-0.15, -0.1) is 11.3 Å². The molecule has 1 aromatic carbocycles. The highest BCUT2D eigenvalue weighted by molar-refractivity contribution is 9.11. The molecule has 2 atom stereocenters. The van der Waals surface area contributed by atoms with E-state index < -0.39 is 5.60 Å². The smallest absolute Gasteiger partial charge is 0.262 e. The summed E-state index contributed by atoms with van der Waals surface area (Å²) in [5.41, 5.74) is 1.03. The number of halogens is 1. The number of fused-ring (bicyclic) bond motifs is 1. The van der Waals surface area contributed by atoms with Gasteiger partial charge in [0.15, 0.2) is 0 Å². The fourth-order valence-electron chi connectivity index (χ4n) is 6.23. The molecular weight excluding hydrogens is 606 g/mol. The molecule has 3 aromatic heterocycles. The van der Waals surface area contributed by atoms with Crippen LogP contribution in [0.5, 0.6) is 0 Å². The summed E-state index contributed by atoms with van der Waals surface area (Å²) in [5.74, 6) is -0.339. The normalized spacial score (nSPS) is 20.9. The average Bonchev–Trinajstić information content (AvgIpc) is 3.59. The summed E-state index contributed by atoms with van der Waals surface area (Å²) >= 11 is 4.98. The fourth-order valence-corrected chi connectivity index (χ4v) is 7.46. The molecule has 5 heterocycles. The van der Waals surface area contributed by atoms with Crippen LogP contribution in [0.4, 0.5) is 0 Å². The van der Waals surface area contributed by atoms with Gasteiger partial charge in [0.05, 0.1) is 26.9 Å². The third-order valence-corrected chi connectivity index (χ3v) is 10.3. The first-order chi connectivity index (χ1) is 19.7. The number of rotatable bonds is 5. The third-order valence-electron chi connectivity index (χ3n) is 8.61. The molecule has 1 N–H and O–H groups in total. The Kier molecular flexibility index (Phi) is 7.60. The van der Waals surface area contributed by atoms with E-state index in [0.29, 0.717) is 62.0 Å². The highest BCUT2D eigenvalue weighted by atomic mass is 79.9. The molecule has 0 radical (unpaired) electrons. The lowest BCUT2D eigenvalue weighted by molar-refractivity contribution is -0.142. The molecule has 2 aliphatic heterocycles. The van der Waals surface area contributed by atoms with Crippen molar-refractivity contribution >= 4 is 50.1 Å². The van der Waals surface area contributed by atoms with Crippen LogP contribution < -0.4 is 5.56 Å². The fraction of sp³-hybridized carbons (Fsp3) is 0.400. The molecule has 0 bridgehead atoms. The summed E-state index contributed by atoms with van der Waals surface area (Å²) < 4.78 is 4.09. The van der Waals surface area contributed by atoms with Gasteiger partial charge in [0.1, 0.15) is 12.0 Å². The lowest BCUT2D eigenvalue weighted by atomic mass is 9.79. The molecule has 2 amide bonds. The molecule has 0 unspecified atom stereocenters. The Morgan fingerprint density at radius 3 is 2.56 bits per heavy atom. The number of amides is 2. The Labute approximate surface area is 250 Å². The van der Waals surface area contributed by atoms with Gasteiger partial charge in [-0.2, -0.15) is 0 Å². The van der Waals surface area contributed by atoms with E-state index in [-0.39, 0.29) is 35.8 Å². The second-order valence-electron chi connectivity index (χ2n) is 11.2. The highest BCUT2D eigenvalue weighted by Crippen LogP contribution is 2.37. The summed E-state index contributed by atoms with van der Waals surface area (Å²) in [6.07, 6.45) is 4.61. The van der Waals surface area contributed by atoms with Crippen LogP contribution in [0.3, 0.4) is 0 Å². The number of likely N-dealkylation sites (tertiary alicyclic amines) is 2. The van der Waals surface area contributed by atoms with Gasteiger partial charge in [0.2, 0.25) is 5.91 Å². The minimum absolute atomic E-state index is 0.0218. The highest BCUT2D eigenvalue weighted by Gasteiger charge is 2.42. The summed E-state index contributed by atoms with van der Waals surface area (Å²) in [7, 11) is 1.84. The van der Waals surface area contributed by atoms with Crippen molar-refractivity contribution in [1.82, 2.24) is 23.9 Å². The molecule has 214 valence electrons. The maximum absolute atomic E-state index is 13.9. The van der Waals surface area contributed by atoms with E-state index in [2.05, 4.69) is 20.9 Å². The molecule has 2 aliphatic rings. The first-order valence-corrected chi connectivity index (χ1v) is 15.5. The second kappa shape index (κ2) is 11.2. The number of hydrogen-bond acceptors (Lipinski definition) is 6. The van der Waals surface area contributed by atoms with Crippen LogP contribution in [-0.4, -0.2) is 72.6 Å². The number of benzene rings is 1. The van der Waals surface area contributed by atoms with E-state index in [1.807, 2.05) is 58.6 Å². The predicted octanol–water partition coefficient (Wildman–Crippen LogP) is 3.86. The van der Waals surface area contributed by atoms with Crippen LogP contribution in [0.15, 0.2) is 68.9 Å². The Bertz CT molecular complexity index is 1640. The number of hydrogen-bond donors (Lipinski definition) is 1. The lowest BCUT2D eigenvalue weighted by Crippen LogP contribution is -2.53. The summed E-state index contributed by atoms with van der Waals surface area (Å²) in [5, 5.41) is 13.8. The Balaban J connectivity index is 1.15. The van der Waals surface area contributed by atoms with Crippen molar-refractivity contribution < 1.29 is 14.7 Å². The van der Waals surface area contributed by atoms with Crippen molar-refractivity contribution in [3.8, 4) is 0 Å². The van der Waals surface area contributed by atoms with Crippen LogP contribution in [0, 0.1) is 5.92 Å². The van der Waals surface area contributed by atoms with Crippen LogP contribution in [0.1, 0.15) is 41.1 Å². The molecular formula is C30H32BrN5O4S. The van der Waals surface area contributed by atoms with Crippen molar-refractivity contribution in [2.24, 2.45) is 13.0 Å². The van der Waals surface area contributed by atoms with Crippen LogP contribution >= 0.6 is 27.3 Å². The molecule has 11 heteroatoms. The Hall–Kier alpha value is -3.28. The second-order valence-corrected chi connectivity index (χ2v) is 13.4. The van der Waals surface area contributed by atoms with Crippen molar-refractivity contribution in [3.63, 3.8) is 0 Å². The van der Waals surface area contributed by atoms with Crippen molar-refractivity contribution in [2.75, 3.05) is 26.2 Å². The van der Waals surface area contributed by atoms with Gasteiger partial charge in [-0.05, 0) is 58.3 Å². The first kappa shape index (κ1) is 27.9. The van der Waals surface area contributed by atoms with Crippen molar-refractivity contribution in [3.05, 3.63) is 85.6 Å². The molecule has 9 nitrogen and oxygen atoms in total. The average molecular weight is 639 g/mol. The monoisotopic (exact) mass is 637 g/mol. The number of aromatic nitrogens is 3. The summed E-state index contributed by atoms with van der Waals surface area (Å²) in [6.45, 7) is 1.94. The van der Waals surface area contributed by atoms with Crippen molar-refractivity contribution in [2.45, 2.75) is 37.3 Å². The van der Waals surface area contributed by atoms with E-state index >= 15 is 0 Å². The van der Waals surface area contributed by atoms with Gasteiger partial charge in [0.25, 0.3) is 11.5 Å². The minimum atomic E-state index is -1.10. The maximum atomic E-state index is 13.9. The van der Waals surface area contributed by atoms with Crippen LogP contribution in [0.25, 0.3) is 11.0 Å². The number of nitrogens with zero attached hydrogens (tertiary/aromatic N) is 5. The van der Waals surface area contributed by atoms with E-state index in [1.54, 1.807) is 16.8 Å². The summed E-state index contributed by atoms with van der Waals surface area (Å²) in [6, 6.07) is 13.5. The molecule has 0 aliphatic carbocycles. The number of aliphatic hydroxyl groups is 1. The predicted molar refractivity (Wildman–Crippen MR) is 161 cm³/mol. The number of thiophene rings is 1. The van der Waals surface area contributed by atoms with E-state index in [1.165, 1.54) is 22.2 Å². The molecule has 41 heavy (non-hydrogen) atoms. The van der Waals surface area contributed by atoms with Gasteiger partial charge >= 0.3 is 0 Å². The third kappa shape index (κ3) is 5.38. The van der Waals surface area contributed by atoms with E-state index in [0.717, 1.165) is 9.35 Å². The molecule has 0 saturated carbocycles. The largest absolute Gasteiger partial charge is 0.388 e. The quantitative estimate of drug-likeness (QED) is 0.358. The van der Waals surface area contributed by atoms with Gasteiger partial charge in [0, 0.05) is 51.3 Å².